The number of aryl methyl sites for hydroxylation is 2. The molecular weight excluding hydrogens is 286 g/mol. The van der Waals surface area contributed by atoms with Crippen LogP contribution in [-0.4, -0.2) is 36.5 Å². The van der Waals surface area contributed by atoms with Gasteiger partial charge in [0, 0.05) is 23.9 Å². The Morgan fingerprint density at radius 2 is 2.16 bits per heavy atom. The number of rotatable bonds is 7. The zero-order valence-corrected chi connectivity index (χ0v) is 13.4. The van der Waals surface area contributed by atoms with E-state index in [0.717, 1.165) is 22.8 Å². The summed E-state index contributed by atoms with van der Waals surface area (Å²) in [4.78, 5) is 11.6. The minimum atomic E-state index is 0. The lowest BCUT2D eigenvalue weighted by Gasteiger charge is -2.11. The molecular formula is C12H22ClN3O2S. The third kappa shape index (κ3) is 6.31. The van der Waals surface area contributed by atoms with Crippen molar-refractivity contribution in [2.75, 3.05) is 19.3 Å². The van der Waals surface area contributed by atoms with Gasteiger partial charge in [0.25, 0.3) is 0 Å². The molecule has 2 N–H and O–H groups in total. The average molecular weight is 308 g/mol. The predicted molar refractivity (Wildman–Crippen MR) is 80.9 cm³/mol. The molecule has 0 saturated heterocycles. The zero-order valence-electron chi connectivity index (χ0n) is 11.8. The van der Waals surface area contributed by atoms with Crippen molar-refractivity contribution in [1.82, 2.24) is 15.8 Å². The first-order chi connectivity index (χ1) is 8.54. The normalized spacial score (nSPS) is 11.8. The Labute approximate surface area is 124 Å². The largest absolute Gasteiger partial charge is 0.361 e. The van der Waals surface area contributed by atoms with Crippen LogP contribution in [0.3, 0.4) is 0 Å². The Hall–Kier alpha value is -0.720. The van der Waals surface area contributed by atoms with Gasteiger partial charge in [-0.1, -0.05) is 5.16 Å². The molecule has 0 spiro atoms. The number of thioether (sulfide) groups is 1. The lowest BCUT2D eigenvalue weighted by atomic mass is 10.2. The summed E-state index contributed by atoms with van der Waals surface area (Å²) in [6, 6.07) is 0.293. The van der Waals surface area contributed by atoms with E-state index in [1.54, 1.807) is 11.8 Å². The molecule has 7 heteroatoms. The van der Waals surface area contributed by atoms with Crippen molar-refractivity contribution in [3.05, 3.63) is 17.0 Å². The molecule has 0 aliphatic rings. The maximum Gasteiger partial charge on any atom is 0.230 e. The third-order valence-corrected chi connectivity index (χ3v) is 3.72. The number of nitrogens with zero attached hydrogens (tertiary/aromatic N) is 1. The maximum absolute atomic E-state index is 11.6. The highest BCUT2D eigenvalue weighted by Gasteiger charge is 2.10. The number of aromatic nitrogens is 1. The molecule has 1 atom stereocenters. The monoisotopic (exact) mass is 307 g/mol. The second kappa shape index (κ2) is 9.23. The molecule has 0 radical (unpaired) electrons. The van der Waals surface area contributed by atoms with E-state index >= 15 is 0 Å². The molecule has 1 rings (SSSR count). The van der Waals surface area contributed by atoms with E-state index in [9.17, 15) is 4.79 Å². The number of carbonyl (C=O) groups excluding carboxylic acids is 1. The second-order valence-electron chi connectivity index (χ2n) is 4.29. The molecule has 0 aliphatic carbocycles. The number of halogens is 1. The molecule has 1 unspecified atom stereocenters. The zero-order chi connectivity index (χ0) is 13.5. The molecule has 5 nitrogen and oxygen atoms in total. The summed E-state index contributed by atoms with van der Waals surface area (Å²) in [6.45, 7) is 6.49. The van der Waals surface area contributed by atoms with Crippen LogP contribution >= 0.6 is 24.2 Å². The first kappa shape index (κ1) is 18.3. The van der Waals surface area contributed by atoms with Gasteiger partial charge in [0.2, 0.25) is 5.91 Å². The topological polar surface area (TPSA) is 67.2 Å². The van der Waals surface area contributed by atoms with E-state index < -0.39 is 0 Å². The second-order valence-corrected chi connectivity index (χ2v) is 5.27. The summed E-state index contributed by atoms with van der Waals surface area (Å²) in [5.74, 6) is 2.12. The van der Waals surface area contributed by atoms with Crippen molar-refractivity contribution < 1.29 is 9.32 Å². The first-order valence-corrected chi connectivity index (χ1v) is 7.13. The average Bonchev–Trinajstić information content (AvgIpc) is 2.67. The fraction of sp³-hybridized carbons (Fsp3) is 0.667. The SMILES string of the molecule is CNC(C)CNC(=O)CSCc1c(C)noc1C.Cl. The standard InChI is InChI=1S/C12H21N3O2S.ClH/c1-8(13-4)5-14-12(16)7-18-6-11-9(2)15-17-10(11)3;/h8,13H,5-7H2,1-4H3,(H,14,16);1H. The number of hydrogen-bond donors (Lipinski definition) is 2. The van der Waals surface area contributed by atoms with Crippen LogP contribution in [0.15, 0.2) is 4.52 Å². The summed E-state index contributed by atoms with van der Waals surface area (Å²) >= 11 is 1.57. The highest BCUT2D eigenvalue weighted by atomic mass is 35.5. The maximum atomic E-state index is 11.6. The van der Waals surface area contributed by atoms with Crippen LogP contribution in [0, 0.1) is 13.8 Å². The van der Waals surface area contributed by atoms with Gasteiger partial charge < -0.3 is 15.2 Å². The van der Waals surface area contributed by atoms with Crippen LogP contribution < -0.4 is 10.6 Å². The van der Waals surface area contributed by atoms with Crippen LogP contribution in [0.5, 0.6) is 0 Å². The number of nitrogens with one attached hydrogen (secondary N) is 2. The van der Waals surface area contributed by atoms with E-state index in [4.69, 9.17) is 4.52 Å². The summed E-state index contributed by atoms with van der Waals surface area (Å²) in [5, 5.41) is 9.84. The van der Waals surface area contributed by atoms with Crippen molar-refractivity contribution in [3.8, 4) is 0 Å². The van der Waals surface area contributed by atoms with Crippen molar-refractivity contribution >= 4 is 30.1 Å². The molecule has 1 heterocycles. The van der Waals surface area contributed by atoms with Crippen molar-refractivity contribution in [2.45, 2.75) is 32.6 Å². The van der Waals surface area contributed by atoms with Crippen LogP contribution in [0.25, 0.3) is 0 Å². The van der Waals surface area contributed by atoms with Gasteiger partial charge in [0.1, 0.15) is 5.76 Å². The van der Waals surface area contributed by atoms with Gasteiger partial charge >= 0.3 is 0 Å². The molecule has 1 aromatic heterocycles. The molecule has 1 aromatic rings. The lowest BCUT2D eigenvalue weighted by Crippen LogP contribution is -2.37. The van der Waals surface area contributed by atoms with Crippen molar-refractivity contribution in [1.29, 1.82) is 0 Å². The van der Waals surface area contributed by atoms with E-state index in [0.29, 0.717) is 18.3 Å². The fourth-order valence-electron chi connectivity index (χ4n) is 1.37. The molecule has 1 amide bonds. The Balaban J connectivity index is 0.00000324. The van der Waals surface area contributed by atoms with E-state index in [2.05, 4.69) is 15.8 Å². The van der Waals surface area contributed by atoms with Crippen LogP contribution in [0.4, 0.5) is 0 Å². The molecule has 0 bridgehead atoms. The first-order valence-electron chi connectivity index (χ1n) is 5.98. The smallest absolute Gasteiger partial charge is 0.230 e. The van der Waals surface area contributed by atoms with Crippen LogP contribution in [0.2, 0.25) is 0 Å². The molecule has 0 aliphatic heterocycles. The summed E-state index contributed by atoms with van der Waals surface area (Å²) in [5.41, 5.74) is 2.00. The molecule has 0 saturated carbocycles. The van der Waals surface area contributed by atoms with Gasteiger partial charge in [-0.15, -0.1) is 24.2 Å². The summed E-state index contributed by atoms with van der Waals surface area (Å²) in [6.07, 6.45) is 0. The van der Waals surface area contributed by atoms with Crippen LogP contribution in [0.1, 0.15) is 23.9 Å². The highest BCUT2D eigenvalue weighted by Crippen LogP contribution is 2.19. The van der Waals surface area contributed by atoms with Gasteiger partial charge in [0.15, 0.2) is 0 Å². The Kier molecular flexibility index (Phi) is 8.88. The van der Waals surface area contributed by atoms with E-state index in [1.807, 2.05) is 27.8 Å². The lowest BCUT2D eigenvalue weighted by molar-refractivity contribution is -0.118. The Morgan fingerprint density at radius 3 is 2.68 bits per heavy atom. The number of carbonyl (C=O) groups is 1. The number of amides is 1. The van der Waals surface area contributed by atoms with Crippen molar-refractivity contribution in [2.24, 2.45) is 0 Å². The highest BCUT2D eigenvalue weighted by molar-refractivity contribution is 7.99. The fourth-order valence-corrected chi connectivity index (χ4v) is 2.38. The molecule has 19 heavy (non-hydrogen) atoms. The Morgan fingerprint density at radius 1 is 1.47 bits per heavy atom. The molecule has 0 fully saturated rings. The summed E-state index contributed by atoms with van der Waals surface area (Å²) in [7, 11) is 1.88. The van der Waals surface area contributed by atoms with Gasteiger partial charge in [-0.25, -0.2) is 0 Å². The Bertz CT molecular complexity index is 379. The quantitative estimate of drug-likeness (QED) is 0.802. The number of hydrogen-bond acceptors (Lipinski definition) is 5. The predicted octanol–water partition coefficient (Wildman–Crippen LogP) is 1.67. The summed E-state index contributed by atoms with van der Waals surface area (Å²) < 4.78 is 5.07. The molecule has 0 aromatic carbocycles. The minimum Gasteiger partial charge on any atom is -0.361 e. The number of likely N-dealkylation sites (N-methyl/N-ethyl adjacent to an activating group) is 1. The third-order valence-electron chi connectivity index (χ3n) is 2.76. The minimum absolute atomic E-state index is 0. The van der Waals surface area contributed by atoms with E-state index in [-0.39, 0.29) is 18.3 Å². The molecule has 110 valence electrons. The van der Waals surface area contributed by atoms with Gasteiger partial charge in [-0.2, -0.15) is 0 Å². The van der Waals surface area contributed by atoms with Gasteiger partial charge in [-0.05, 0) is 27.8 Å². The van der Waals surface area contributed by atoms with E-state index in [1.165, 1.54) is 0 Å². The van der Waals surface area contributed by atoms with Gasteiger partial charge in [-0.3, -0.25) is 4.79 Å². The van der Waals surface area contributed by atoms with Crippen molar-refractivity contribution in [3.63, 3.8) is 0 Å². The van der Waals surface area contributed by atoms with Crippen LogP contribution in [-0.2, 0) is 10.5 Å². The van der Waals surface area contributed by atoms with Gasteiger partial charge in [0.05, 0.1) is 11.4 Å².